The van der Waals surface area contributed by atoms with Gasteiger partial charge < -0.3 is 20.2 Å². The summed E-state index contributed by atoms with van der Waals surface area (Å²) in [5.74, 6) is -0.401. The molecule has 0 bridgehead atoms. The third-order valence-corrected chi connectivity index (χ3v) is 5.54. The van der Waals surface area contributed by atoms with Crippen LogP contribution in [0.3, 0.4) is 0 Å². The summed E-state index contributed by atoms with van der Waals surface area (Å²) in [4.78, 5) is 34.6. The second kappa shape index (κ2) is 13.5. The molecule has 1 aliphatic heterocycles. The molecule has 1 unspecified atom stereocenters. The summed E-state index contributed by atoms with van der Waals surface area (Å²) in [7, 11) is 0. The lowest BCUT2D eigenvalue weighted by Gasteiger charge is -2.42. The molecule has 1 fully saturated rings. The molecule has 3 N–H and O–H groups in total. The molecule has 4 rings (SSSR count). The summed E-state index contributed by atoms with van der Waals surface area (Å²) >= 11 is 5.96. The number of urea groups is 1. The number of hydrogen-bond donors (Lipinski definition) is 3. The van der Waals surface area contributed by atoms with Crippen LogP contribution in [0, 0.1) is 11.5 Å². The molecule has 0 saturated carbocycles. The van der Waals surface area contributed by atoms with Crippen molar-refractivity contribution in [2.24, 2.45) is 4.99 Å². The van der Waals surface area contributed by atoms with Crippen molar-refractivity contribution >= 4 is 40.9 Å². The molecule has 0 aliphatic carbocycles. The zero-order valence-electron chi connectivity index (χ0n) is 20.1. The lowest BCUT2D eigenvalue weighted by molar-refractivity contribution is -0.134. The Bertz CT molecular complexity index is 1240. The predicted molar refractivity (Wildman–Crippen MR) is 141 cm³/mol. The van der Waals surface area contributed by atoms with E-state index in [1.165, 1.54) is 0 Å². The van der Waals surface area contributed by atoms with Crippen molar-refractivity contribution in [1.82, 2.24) is 20.1 Å². The number of piperazine rings is 1. The number of carboxylic acid groups (broad SMARTS) is 1. The molecule has 190 valence electrons. The first kappa shape index (κ1) is 27.0. The number of halogens is 1. The van der Waals surface area contributed by atoms with Crippen molar-refractivity contribution in [2.75, 3.05) is 25.0 Å². The fourth-order valence-electron chi connectivity index (χ4n) is 3.68. The zero-order valence-corrected chi connectivity index (χ0v) is 20.8. The van der Waals surface area contributed by atoms with E-state index in [1.807, 2.05) is 41.4 Å². The number of amides is 2. The van der Waals surface area contributed by atoms with Crippen molar-refractivity contribution in [1.29, 1.82) is 5.26 Å². The van der Waals surface area contributed by atoms with Gasteiger partial charge in [0.2, 0.25) is 5.96 Å². The number of nitrogens with one attached hydrogen (secondary N) is 2. The first-order valence-electron chi connectivity index (χ1n) is 11.3. The van der Waals surface area contributed by atoms with E-state index in [0.29, 0.717) is 42.0 Å². The van der Waals surface area contributed by atoms with Gasteiger partial charge in [-0.25, -0.2) is 9.79 Å². The Labute approximate surface area is 219 Å². The quantitative estimate of drug-likeness (QED) is 0.201. The number of aliphatic imine (C=N–C) groups is 1. The Morgan fingerprint density at radius 3 is 2.35 bits per heavy atom. The number of nitriles is 1. The lowest BCUT2D eigenvalue weighted by atomic mass is 10.0. The van der Waals surface area contributed by atoms with Gasteiger partial charge in [0.05, 0.1) is 11.7 Å². The van der Waals surface area contributed by atoms with Crippen molar-refractivity contribution < 1.29 is 14.7 Å². The third kappa shape index (κ3) is 8.23. The van der Waals surface area contributed by atoms with Gasteiger partial charge in [-0.3, -0.25) is 15.1 Å². The number of aliphatic carboxylic acids is 1. The number of rotatable bonds is 3. The summed E-state index contributed by atoms with van der Waals surface area (Å²) in [5, 5.41) is 23.0. The highest BCUT2D eigenvalue weighted by Crippen LogP contribution is 2.27. The minimum absolute atomic E-state index is 0.202. The molecule has 1 atom stereocenters. The molecule has 11 heteroatoms. The van der Waals surface area contributed by atoms with E-state index in [2.05, 4.69) is 20.6 Å². The predicted octanol–water partition coefficient (Wildman–Crippen LogP) is 4.48. The van der Waals surface area contributed by atoms with Gasteiger partial charge in [-0.1, -0.05) is 41.9 Å². The number of carboxylic acids is 1. The monoisotopic (exact) mass is 519 g/mol. The van der Waals surface area contributed by atoms with Gasteiger partial charge >= 0.3 is 6.03 Å². The second-order valence-corrected chi connectivity index (χ2v) is 8.34. The molecule has 0 radical (unpaired) electrons. The Morgan fingerprint density at radius 1 is 1.08 bits per heavy atom. The summed E-state index contributed by atoms with van der Waals surface area (Å²) in [6, 6.07) is 19.9. The molecule has 3 aromatic rings. The van der Waals surface area contributed by atoms with Gasteiger partial charge in [0, 0.05) is 49.7 Å². The van der Waals surface area contributed by atoms with Crippen LogP contribution in [-0.4, -0.2) is 57.5 Å². The van der Waals surface area contributed by atoms with E-state index in [-0.39, 0.29) is 12.1 Å². The number of carbonyl (C=O) groups excluding carboxylic acids is 1. The average molecular weight is 520 g/mol. The fourth-order valence-corrected chi connectivity index (χ4v) is 3.80. The van der Waals surface area contributed by atoms with Gasteiger partial charge in [0.15, 0.2) is 6.19 Å². The normalized spacial score (nSPS) is 15.1. The smallest absolute Gasteiger partial charge is 0.322 e. The van der Waals surface area contributed by atoms with Crippen LogP contribution in [0.15, 0.2) is 84.1 Å². The Hall–Kier alpha value is -4.62. The maximum absolute atomic E-state index is 13.2. The van der Waals surface area contributed by atoms with Crippen LogP contribution in [0.2, 0.25) is 5.02 Å². The van der Waals surface area contributed by atoms with Crippen LogP contribution in [0.5, 0.6) is 0 Å². The first-order chi connectivity index (χ1) is 17.9. The standard InChI is InChI=1S/C24H22ClN7O.C2H4O2/c25-19-6-8-20(9-7-19)30-24(33)32-15-14-31(16-22(32)18-4-2-1-3-5-18)23(28-17-26)29-21-10-12-27-13-11-21;1-2(3)4/h1-13,22H,14-16H2,(H,30,33)(H,27,28,29);1H3,(H,3,4). The zero-order chi connectivity index (χ0) is 26.6. The topological polar surface area (TPSA) is 134 Å². The number of guanidine groups is 1. The van der Waals surface area contributed by atoms with Crippen LogP contribution in [0.1, 0.15) is 18.5 Å². The molecule has 2 aromatic carbocycles. The minimum Gasteiger partial charge on any atom is -0.481 e. The molecule has 1 saturated heterocycles. The molecular formula is C26H26ClN7O3. The van der Waals surface area contributed by atoms with Gasteiger partial charge in [-0.2, -0.15) is 5.26 Å². The lowest BCUT2D eigenvalue weighted by Crippen LogP contribution is -2.55. The van der Waals surface area contributed by atoms with Crippen LogP contribution < -0.4 is 10.6 Å². The van der Waals surface area contributed by atoms with E-state index >= 15 is 0 Å². The largest absolute Gasteiger partial charge is 0.481 e. The highest BCUT2D eigenvalue weighted by molar-refractivity contribution is 6.30. The van der Waals surface area contributed by atoms with Crippen LogP contribution in [0.4, 0.5) is 16.2 Å². The van der Waals surface area contributed by atoms with E-state index in [9.17, 15) is 10.1 Å². The molecule has 1 aromatic heterocycles. The van der Waals surface area contributed by atoms with Gasteiger partial charge in [-0.15, -0.1) is 0 Å². The fraction of sp³-hybridized carbons (Fsp3) is 0.192. The highest BCUT2D eigenvalue weighted by atomic mass is 35.5. The number of carbonyl (C=O) groups is 2. The van der Waals surface area contributed by atoms with Crippen molar-refractivity contribution in [3.05, 3.63) is 89.7 Å². The van der Waals surface area contributed by atoms with Gasteiger partial charge in [0.1, 0.15) is 0 Å². The van der Waals surface area contributed by atoms with Crippen molar-refractivity contribution in [2.45, 2.75) is 13.0 Å². The Kier molecular flexibility index (Phi) is 9.82. The van der Waals surface area contributed by atoms with Crippen molar-refractivity contribution in [3.8, 4) is 6.19 Å². The molecule has 2 amide bonds. The Balaban J connectivity index is 0.000000886. The summed E-state index contributed by atoms with van der Waals surface area (Å²) in [6.45, 7) is 2.51. The van der Waals surface area contributed by atoms with E-state index < -0.39 is 5.97 Å². The maximum atomic E-state index is 13.2. The van der Waals surface area contributed by atoms with E-state index in [0.717, 1.165) is 12.5 Å². The number of hydrogen-bond acceptors (Lipinski definition) is 5. The van der Waals surface area contributed by atoms with Gasteiger partial charge in [0.25, 0.3) is 5.97 Å². The summed E-state index contributed by atoms with van der Waals surface area (Å²) in [5.41, 5.74) is 2.35. The number of anilines is 1. The molecule has 1 aliphatic rings. The molecular weight excluding hydrogens is 494 g/mol. The number of nitrogens with zero attached hydrogens (tertiary/aromatic N) is 5. The maximum Gasteiger partial charge on any atom is 0.322 e. The third-order valence-electron chi connectivity index (χ3n) is 5.29. The van der Waals surface area contributed by atoms with E-state index in [1.54, 1.807) is 53.7 Å². The first-order valence-corrected chi connectivity index (χ1v) is 11.7. The second-order valence-electron chi connectivity index (χ2n) is 7.90. The van der Waals surface area contributed by atoms with Crippen molar-refractivity contribution in [3.63, 3.8) is 0 Å². The SMILES string of the molecule is CC(=O)O.N#CNC(=Nc1ccncc1)N1CCN(C(=O)Nc2ccc(Cl)cc2)C(c2ccccc2)C1. The van der Waals surface area contributed by atoms with Crippen LogP contribution in [-0.2, 0) is 4.79 Å². The average Bonchev–Trinajstić information content (AvgIpc) is 2.90. The molecule has 37 heavy (non-hydrogen) atoms. The number of pyridine rings is 1. The summed E-state index contributed by atoms with van der Waals surface area (Å²) < 4.78 is 0. The Morgan fingerprint density at radius 2 is 1.73 bits per heavy atom. The minimum atomic E-state index is -0.833. The van der Waals surface area contributed by atoms with Crippen LogP contribution in [0.25, 0.3) is 0 Å². The number of benzene rings is 2. The number of aromatic nitrogens is 1. The van der Waals surface area contributed by atoms with Crippen LogP contribution >= 0.6 is 11.6 Å². The highest BCUT2D eigenvalue weighted by Gasteiger charge is 2.33. The molecule has 2 heterocycles. The summed E-state index contributed by atoms with van der Waals surface area (Å²) in [6.07, 6.45) is 5.26. The van der Waals surface area contributed by atoms with E-state index in [4.69, 9.17) is 21.5 Å². The molecule has 0 spiro atoms. The molecule has 10 nitrogen and oxygen atoms in total. The van der Waals surface area contributed by atoms with Gasteiger partial charge in [-0.05, 0) is 42.0 Å².